The highest BCUT2D eigenvalue weighted by molar-refractivity contribution is 7.90. The van der Waals surface area contributed by atoms with Crippen molar-refractivity contribution in [2.75, 3.05) is 0 Å². The van der Waals surface area contributed by atoms with Gasteiger partial charge in [-0.2, -0.15) is 0 Å². The van der Waals surface area contributed by atoms with Crippen LogP contribution in [0.15, 0.2) is 47.6 Å². The summed E-state index contributed by atoms with van der Waals surface area (Å²) in [5.41, 5.74) is 1.89. The van der Waals surface area contributed by atoms with E-state index in [2.05, 4.69) is 9.71 Å². The molecule has 1 fully saturated rings. The molecule has 6 nitrogen and oxygen atoms in total. The van der Waals surface area contributed by atoms with Crippen LogP contribution in [0.3, 0.4) is 0 Å². The number of carbonyl (C=O) groups excluding carboxylic acids is 1. The molecule has 1 aliphatic rings. The first-order chi connectivity index (χ1) is 12.0. The van der Waals surface area contributed by atoms with Crippen LogP contribution >= 0.6 is 0 Å². The molecule has 1 saturated carbocycles. The van der Waals surface area contributed by atoms with E-state index in [9.17, 15) is 13.2 Å². The van der Waals surface area contributed by atoms with Crippen molar-refractivity contribution < 1.29 is 13.2 Å². The Morgan fingerprint density at radius 1 is 1.28 bits per heavy atom. The normalized spacial score (nSPS) is 14.8. The number of sulfonamides is 1. The van der Waals surface area contributed by atoms with E-state index in [1.807, 2.05) is 23.8 Å². The lowest BCUT2D eigenvalue weighted by Gasteiger charge is -2.08. The summed E-state index contributed by atoms with van der Waals surface area (Å²) in [4.78, 5) is 15.5. The molecular formula is C18H19N3O3S. The first kappa shape index (κ1) is 16.0. The average Bonchev–Trinajstić information content (AvgIpc) is 3.15. The minimum atomic E-state index is -3.95. The maximum Gasteiger partial charge on any atom is 0.266 e. The molecule has 1 aromatic carbocycles. The highest BCUT2D eigenvalue weighted by Gasteiger charge is 2.26. The standard InChI is InChI=1S/C18H19N3O3S/c1-12-14(8-9-21(12)11-13-6-7-13)18(22)20-25(23,24)17-10-19-16-5-3-2-4-15(16)17/h2-5,8-10,13,19H,6-7,11H2,1H3,(H,20,22). The second-order valence-corrected chi connectivity index (χ2v) is 8.19. The van der Waals surface area contributed by atoms with Crippen molar-refractivity contribution >= 4 is 26.8 Å². The molecule has 4 rings (SSSR count). The predicted octanol–water partition coefficient (Wildman–Crippen LogP) is 2.81. The van der Waals surface area contributed by atoms with E-state index in [0.717, 1.165) is 12.2 Å². The van der Waals surface area contributed by atoms with Crippen LogP contribution in [0.5, 0.6) is 0 Å². The molecule has 2 aromatic heterocycles. The van der Waals surface area contributed by atoms with Gasteiger partial charge in [-0.05, 0) is 37.8 Å². The SMILES string of the molecule is Cc1c(C(=O)NS(=O)(=O)c2c[nH]c3ccccc23)ccn1CC1CC1. The number of H-pyrrole nitrogens is 1. The summed E-state index contributed by atoms with van der Waals surface area (Å²) in [6.45, 7) is 2.73. The lowest BCUT2D eigenvalue weighted by atomic mass is 10.2. The van der Waals surface area contributed by atoms with E-state index in [0.29, 0.717) is 22.4 Å². The third kappa shape index (κ3) is 2.95. The summed E-state index contributed by atoms with van der Waals surface area (Å²) in [5.74, 6) is 0.0780. The van der Waals surface area contributed by atoms with Crippen LogP contribution in [0.4, 0.5) is 0 Å². The molecule has 0 saturated heterocycles. The summed E-state index contributed by atoms with van der Waals surface area (Å²) >= 11 is 0. The molecule has 0 unspecified atom stereocenters. The van der Waals surface area contributed by atoms with Gasteiger partial charge in [-0.15, -0.1) is 0 Å². The summed E-state index contributed by atoms with van der Waals surface area (Å²) in [6.07, 6.45) is 5.69. The van der Waals surface area contributed by atoms with Crippen LogP contribution in [-0.4, -0.2) is 23.9 Å². The molecule has 0 radical (unpaired) electrons. The monoisotopic (exact) mass is 357 g/mol. The molecule has 1 amide bonds. The minimum Gasteiger partial charge on any atom is -0.360 e. The maximum absolute atomic E-state index is 12.6. The molecule has 2 N–H and O–H groups in total. The topological polar surface area (TPSA) is 84.0 Å². The Morgan fingerprint density at radius 3 is 2.80 bits per heavy atom. The van der Waals surface area contributed by atoms with Gasteiger partial charge < -0.3 is 9.55 Å². The zero-order chi connectivity index (χ0) is 17.6. The van der Waals surface area contributed by atoms with Crippen molar-refractivity contribution in [1.29, 1.82) is 0 Å². The number of hydrogen-bond donors (Lipinski definition) is 2. The van der Waals surface area contributed by atoms with E-state index >= 15 is 0 Å². The molecule has 0 aliphatic heterocycles. The van der Waals surface area contributed by atoms with Gasteiger partial charge in [0.2, 0.25) is 0 Å². The number of benzene rings is 1. The van der Waals surface area contributed by atoms with Gasteiger partial charge in [-0.3, -0.25) is 4.79 Å². The van der Waals surface area contributed by atoms with Crippen molar-refractivity contribution in [2.45, 2.75) is 31.2 Å². The van der Waals surface area contributed by atoms with Crippen LogP contribution in [0.2, 0.25) is 0 Å². The van der Waals surface area contributed by atoms with Gasteiger partial charge in [-0.25, -0.2) is 13.1 Å². The van der Waals surface area contributed by atoms with Gasteiger partial charge in [0.05, 0.1) is 5.56 Å². The number of carbonyl (C=O) groups is 1. The molecule has 0 bridgehead atoms. The van der Waals surface area contributed by atoms with Crippen molar-refractivity contribution in [2.24, 2.45) is 5.92 Å². The number of aromatic nitrogens is 2. The van der Waals surface area contributed by atoms with E-state index < -0.39 is 15.9 Å². The highest BCUT2D eigenvalue weighted by atomic mass is 32.2. The van der Waals surface area contributed by atoms with E-state index in [1.54, 1.807) is 24.3 Å². The second kappa shape index (κ2) is 5.77. The second-order valence-electron chi connectivity index (χ2n) is 6.54. The number of nitrogens with zero attached hydrogens (tertiary/aromatic N) is 1. The number of fused-ring (bicyclic) bond motifs is 1. The fourth-order valence-corrected chi connectivity index (χ4v) is 4.21. The van der Waals surface area contributed by atoms with E-state index in [-0.39, 0.29) is 4.90 Å². The van der Waals surface area contributed by atoms with Crippen LogP contribution in [0.25, 0.3) is 10.9 Å². The van der Waals surface area contributed by atoms with Gasteiger partial charge in [-0.1, -0.05) is 18.2 Å². The summed E-state index contributed by atoms with van der Waals surface area (Å²) in [5, 5.41) is 0.561. The Hall–Kier alpha value is -2.54. The largest absolute Gasteiger partial charge is 0.360 e. The Kier molecular flexibility index (Phi) is 3.68. The van der Waals surface area contributed by atoms with Crippen molar-refractivity contribution in [3.05, 3.63) is 54.0 Å². The molecule has 1 aliphatic carbocycles. The molecule has 7 heteroatoms. The zero-order valence-corrected chi connectivity index (χ0v) is 14.6. The van der Waals surface area contributed by atoms with Crippen molar-refractivity contribution in [3.8, 4) is 0 Å². The Morgan fingerprint density at radius 2 is 2.04 bits per heavy atom. The molecular weight excluding hydrogens is 338 g/mol. The highest BCUT2D eigenvalue weighted by Crippen LogP contribution is 2.31. The van der Waals surface area contributed by atoms with Crippen LogP contribution in [0, 0.1) is 12.8 Å². The van der Waals surface area contributed by atoms with Crippen LogP contribution in [-0.2, 0) is 16.6 Å². The van der Waals surface area contributed by atoms with E-state index in [4.69, 9.17) is 0 Å². The number of nitrogens with one attached hydrogen (secondary N) is 2. The minimum absolute atomic E-state index is 0.0755. The molecule has 0 spiro atoms. The lowest BCUT2D eigenvalue weighted by molar-refractivity contribution is 0.0980. The molecule has 2 heterocycles. The maximum atomic E-state index is 12.6. The fraction of sp³-hybridized carbons (Fsp3) is 0.278. The van der Waals surface area contributed by atoms with Crippen LogP contribution in [0.1, 0.15) is 28.9 Å². The Labute approximate surface area is 145 Å². The number of para-hydroxylation sites is 1. The zero-order valence-electron chi connectivity index (χ0n) is 13.8. The van der Waals surface area contributed by atoms with Gasteiger partial charge in [0, 0.05) is 35.5 Å². The Balaban J connectivity index is 1.60. The van der Waals surface area contributed by atoms with Gasteiger partial charge in [0.15, 0.2) is 0 Å². The molecule has 130 valence electrons. The molecule has 3 aromatic rings. The van der Waals surface area contributed by atoms with Gasteiger partial charge in [0.25, 0.3) is 15.9 Å². The first-order valence-electron chi connectivity index (χ1n) is 8.25. The number of hydrogen-bond acceptors (Lipinski definition) is 3. The summed E-state index contributed by atoms with van der Waals surface area (Å²) in [7, 11) is -3.95. The number of rotatable bonds is 5. The van der Waals surface area contributed by atoms with Crippen molar-refractivity contribution in [3.63, 3.8) is 0 Å². The van der Waals surface area contributed by atoms with Gasteiger partial charge in [0.1, 0.15) is 4.90 Å². The summed E-state index contributed by atoms with van der Waals surface area (Å²) < 4.78 is 29.5. The first-order valence-corrected chi connectivity index (χ1v) is 9.73. The molecule has 0 atom stereocenters. The number of amides is 1. The quantitative estimate of drug-likeness (QED) is 0.736. The van der Waals surface area contributed by atoms with Crippen LogP contribution < -0.4 is 4.72 Å². The third-order valence-corrected chi connectivity index (χ3v) is 6.08. The number of aromatic amines is 1. The smallest absolute Gasteiger partial charge is 0.266 e. The van der Waals surface area contributed by atoms with E-state index in [1.165, 1.54) is 19.0 Å². The average molecular weight is 357 g/mol. The fourth-order valence-electron chi connectivity index (χ4n) is 3.07. The lowest BCUT2D eigenvalue weighted by Crippen LogP contribution is -2.30. The van der Waals surface area contributed by atoms with Crippen molar-refractivity contribution in [1.82, 2.24) is 14.3 Å². The Bertz CT molecular complexity index is 1060. The molecule has 25 heavy (non-hydrogen) atoms. The van der Waals surface area contributed by atoms with Gasteiger partial charge >= 0.3 is 0 Å². The third-order valence-electron chi connectivity index (χ3n) is 4.71. The summed E-state index contributed by atoms with van der Waals surface area (Å²) in [6, 6.07) is 8.76. The predicted molar refractivity (Wildman–Crippen MR) is 94.8 cm³/mol.